The Morgan fingerprint density at radius 1 is 1.18 bits per heavy atom. The van der Waals surface area contributed by atoms with Crippen LogP contribution in [0, 0.1) is 5.41 Å². The molecule has 3 heteroatoms. The third-order valence-corrected chi connectivity index (χ3v) is 3.69. The maximum atomic E-state index is 11.9. The lowest BCUT2D eigenvalue weighted by Crippen LogP contribution is -2.41. The van der Waals surface area contributed by atoms with Gasteiger partial charge >= 0.3 is 5.97 Å². The number of carbonyl (C=O) groups is 1. The first-order valence-corrected chi connectivity index (χ1v) is 6.87. The van der Waals surface area contributed by atoms with Crippen LogP contribution < -0.4 is 0 Å². The predicted octanol–water partition coefficient (Wildman–Crippen LogP) is 2.59. The van der Waals surface area contributed by atoms with Gasteiger partial charge in [-0.2, -0.15) is 0 Å². The number of carbonyl (C=O) groups excluding carboxylic acids is 1. The van der Waals surface area contributed by atoms with E-state index in [0.29, 0.717) is 0 Å². The van der Waals surface area contributed by atoms with Gasteiger partial charge in [-0.3, -0.25) is 9.69 Å². The largest absolute Gasteiger partial charge is 0.457 e. The van der Waals surface area contributed by atoms with Gasteiger partial charge in [0, 0.05) is 6.54 Å². The Labute approximate surface area is 105 Å². The topological polar surface area (TPSA) is 29.5 Å². The van der Waals surface area contributed by atoms with Crippen molar-refractivity contribution in [1.82, 2.24) is 4.90 Å². The minimum atomic E-state index is -0.377. The summed E-state index contributed by atoms with van der Waals surface area (Å²) in [5, 5.41) is 0. The normalized spacial score (nSPS) is 24.4. The van der Waals surface area contributed by atoms with E-state index in [1.54, 1.807) is 0 Å². The number of likely N-dealkylation sites (tertiary alicyclic amines) is 1. The first kappa shape index (κ1) is 12.9. The molecule has 2 fully saturated rings. The van der Waals surface area contributed by atoms with Gasteiger partial charge in [-0.1, -0.05) is 6.42 Å². The van der Waals surface area contributed by atoms with Crippen molar-refractivity contribution >= 4 is 5.97 Å². The van der Waals surface area contributed by atoms with Crippen molar-refractivity contribution < 1.29 is 9.53 Å². The Bertz CT molecular complexity index is 283. The van der Waals surface area contributed by atoms with Crippen molar-refractivity contribution in [2.45, 2.75) is 58.5 Å². The molecule has 1 saturated carbocycles. The first-order valence-electron chi connectivity index (χ1n) is 6.87. The van der Waals surface area contributed by atoms with Gasteiger partial charge in [-0.25, -0.2) is 0 Å². The molecule has 2 aliphatic rings. The highest BCUT2D eigenvalue weighted by Crippen LogP contribution is 2.42. The molecule has 0 amide bonds. The van der Waals surface area contributed by atoms with Crippen LogP contribution in [0.5, 0.6) is 0 Å². The van der Waals surface area contributed by atoms with Gasteiger partial charge in [0.25, 0.3) is 0 Å². The average molecular weight is 239 g/mol. The molecule has 1 aliphatic carbocycles. The lowest BCUT2D eigenvalue weighted by molar-refractivity contribution is -0.162. The molecule has 0 unspecified atom stereocenters. The van der Waals surface area contributed by atoms with Crippen LogP contribution in [0.1, 0.15) is 52.9 Å². The van der Waals surface area contributed by atoms with Crippen LogP contribution >= 0.6 is 0 Å². The van der Waals surface area contributed by atoms with Gasteiger partial charge in [-0.15, -0.1) is 0 Å². The van der Waals surface area contributed by atoms with Crippen molar-refractivity contribution in [1.29, 1.82) is 0 Å². The van der Waals surface area contributed by atoms with Gasteiger partial charge in [0.05, 0.1) is 5.41 Å². The summed E-state index contributed by atoms with van der Waals surface area (Å²) in [7, 11) is 0. The van der Waals surface area contributed by atoms with Gasteiger partial charge in [0.15, 0.2) is 0 Å². The molecule has 1 aliphatic heterocycles. The molecule has 2 rings (SSSR count). The maximum absolute atomic E-state index is 11.9. The summed E-state index contributed by atoms with van der Waals surface area (Å²) in [6, 6.07) is 0. The summed E-state index contributed by atoms with van der Waals surface area (Å²) >= 11 is 0. The van der Waals surface area contributed by atoms with Crippen LogP contribution in [0.4, 0.5) is 0 Å². The fourth-order valence-electron chi connectivity index (χ4n) is 2.31. The van der Waals surface area contributed by atoms with E-state index >= 15 is 0 Å². The summed E-state index contributed by atoms with van der Waals surface area (Å²) in [4.78, 5) is 14.4. The van der Waals surface area contributed by atoms with Gasteiger partial charge in [-0.05, 0) is 59.5 Å². The minimum Gasteiger partial charge on any atom is -0.457 e. The van der Waals surface area contributed by atoms with E-state index in [1.807, 2.05) is 20.8 Å². The second-order valence-electron chi connectivity index (χ2n) is 6.66. The van der Waals surface area contributed by atoms with E-state index < -0.39 is 0 Å². The number of hydrogen-bond acceptors (Lipinski definition) is 3. The fourth-order valence-corrected chi connectivity index (χ4v) is 2.31. The van der Waals surface area contributed by atoms with Crippen molar-refractivity contribution in [3.63, 3.8) is 0 Å². The summed E-state index contributed by atoms with van der Waals surface area (Å²) in [5.74, 6) is -0.0491. The fraction of sp³-hybridized carbons (Fsp3) is 0.929. The molecule has 1 saturated heterocycles. The molecular weight excluding hydrogens is 214 g/mol. The van der Waals surface area contributed by atoms with Gasteiger partial charge in [0.1, 0.15) is 5.60 Å². The molecule has 1 heterocycles. The second-order valence-corrected chi connectivity index (χ2v) is 6.66. The van der Waals surface area contributed by atoms with Crippen molar-refractivity contribution in [3.8, 4) is 0 Å². The number of nitrogens with zero attached hydrogens (tertiary/aromatic N) is 1. The lowest BCUT2D eigenvalue weighted by atomic mass is 9.97. The minimum absolute atomic E-state index is 0.0491. The van der Waals surface area contributed by atoms with Crippen LogP contribution in [-0.4, -0.2) is 36.1 Å². The molecule has 0 aromatic heterocycles. The summed E-state index contributed by atoms with van der Waals surface area (Å²) < 4.78 is 5.74. The molecule has 3 nitrogen and oxygen atoms in total. The highest BCUT2D eigenvalue weighted by atomic mass is 16.6. The second kappa shape index (κ2) is 4.60. The van der Waals surface area contributed by atoms with Crippen LogP contribution in [0.3, 0.4) is 0 Å². The van der Waals surface area contributed by atoms with E-state index in [0.717, 1.165) is 19.4 Å². The van der Waals surface area contributed by atoms with Crippen molar-refractivity contribution in [2.24, 2.45) is 5.41 Å². The molecule has 98 valence electrons. The van der Waals surface area contributed by atoms with Gasteiger partial charge < -0.3 is 4.74 Å². The third kappa shape index (κ3) is 3.44. The molecule has 0 bridgehead atoms. The number of hydrogen-bond donors (Lipinski definition) is 0. The molecule has 0 aromatic carbocycles. The van der Waals surface area contributed by atoms with Crippen LogP contribution in [0.2, 0.25) is 0 Å². The van der Waals surface area contributed by atoms with Crippen molar-refractivity contribution in [3.05, 3.63) is 0 Å². The third-order valence-electron chi connectivity index (χ3n) is 3.69. The maximum Gasteiger partial charge on any atom is 0.311 e. The molecule has 17 heavy (non-hydrogen) atoms. The van der Waals surface area contributed by atoms with E-state index in [1.165, 1.54) is 32.4 Å². The zero-order valence-electron chi connectivity index (χ0n) is 11.4. The van der Waals surface area contributed by atoms with Crippen LogP contribution in [-0.2, 0) is 9.53 Å². The summed E-state index contributed by atoms with van der Waals surface area (Å²) in [5.41, 5.74) is -0.515. The van der Waals surface area contributed by atoms with E-state index in [-0.39, 0.29) is 17.0 Å². The Morgan fingerprint density at radius 2 is 1.76 bits per heavy atom. The molecule has 0 radical (unpaired) electrons. The molecule has 0 atom stereocenters. The molecule has 0 N–H and O–H groups in total. The Morgan fingerprint density at radius 3 is 2.24 bits per heavy atom. The highest BCUT2D eigenvalue weighted by Gasteiger charge is 2.49. The smallest absolute Gasteiger partial charge is 0.311 e. The molecular formula is C14H25NO2. The SMILES string of the molecule is CC(C)(C)C(=O)OC1(CN2CCCCC2)CC1. The van der Waals surface area contributed by atoms with Crippen molar-refractivity contribution in [2.75, 3.05) is 19.6 Å². The average Bonchev–Trinajstić information content (AvgIpc) is 2.98. The van der Waals surface area contributed by atoms with Crippen LogP contribution in [0.15, 0.2) is 0 Å². The zero-order chi connectivity index (χ0) is 12.5. The lowest BCUT2D eigenvalue weighted by Gasteiger charge is -2.31. The molecule has 0 aromatic rings. The zero-order valence-corrected chi connectivity index (χ0v) is 11.4. The van der Waals surface area contributed by atoms with Gasteiger partial charge in [0.2, 0.25) is 0 Å². The quantitative estimate of drug-likeness (QED) is 0.709. The van der Waals surface area contributed by atoms with E-state index in [2.05, 4.69) is 4.90 Å². The van der Waals surface area contributed by atoms with E-state index in [9.17, 15) is 4.79 Å². The number of esters is 1. The Kier molecular flexibility index (Phi) is 3.48. The molecule has 0 spiro atoms. The summed E-state index contributed by atoms with van der Waals surface area (Å²) in [6.07, 6.45) is 6.04. The number of rotatable bonds is 3. The summed E-state index contributed by atoms with van der Waals surface area (Å²) in [6.45, 7) is 9.07. The number of piperidine rings is 1. The van der Waals surface area contributed by atoms with E-state index in [4.69, 9.17) is 4.74 Å². The Balaban J connectivity index is 1.85. The predicted molar refractivity (Wildman–Crippen MR) is 67.8 cm³/mol. The highest BCUT2D eigenvalue weighted by molar-refractivity contribution is 5.76. The monoisotopic (exact) mass is 239 g/mol. The standard InChI is InChI=1S/C14H25NO2/c1-13(2,3)12(16)17-14(7-8-14)11-15-9-5-4-6-10-15/h4-11H2,1-3H3. The number of ether oxygens (including phenoxy) is 1. The Hall–Kier alpha value is -0.570. The first-order chi connectivity index (χ1) is 7.91. The van der Waals surface area contributed by atoms with Crippen LogP contribution in [0.25, 0.3) is 0 Å².